The molecule has 1 aliphatic heterocycles. The van der Waals surface area contributed by atoms with Crippen LogP contribution in [0.4, 0.5) is 0 Å². The number of nitrogens with zero attached hydrogens (tertiary/aromatic N) is 2. The fraction of sp³-hybridized carbons (Fsp3) is 1.00. The third-order valence-electron chi connectivity index (χ3n) is 3.97. The molecule has 1 unspecified atom stereocenters. The first kappa shape index (κ1) is 14.9. The molecule has 4 heteroatoms. The van der Waals surface area contributed by atoms with E-state index >= 15 is 0 Å². The molecule has 3 N–H and O–H groups in total. The van der Waals surface area contributed by atoms with E-state index in [9.17, 15) is 5.11 Å². The summed E-state index contributed by atoms with van der Waals surface area (Å²) in [5.41, 5.74) is 4.97. The minimum Gasteiger partial charge on any atom is -0.389 e. The van der Waals surface area contributed by atoms with Crippen LogP contribution in [0.5, 0.6) is 0 Å². The molecule has 4 nitrogen and oxygen atoms in total. The molecular weight excluding hydrogens is 214 g/mol. The Hall–Kier alpha value is -0.160. The average molecular weight is 243 g/mol. The van der Waals surface area contributed by atoms with Crippen LogP contribution in [0.25, 0.3) is 0 Å². The molecule has 1 rings (SSSR count). The summed E-state index contributed by atoms with van der Waals surface area (Å²) in [7, 11) is 2.19. The molecule has 1 heterocycles. The maximum absolute atomic E-state index is 10.1. The van der Waals surface area contributed by atoms with E-state index in [4.69, 9.17) is 5.73 Å². The molecular formula is C13H29N3O. The fourth-order valence-electron chi connectivity index (χ4n) is 2.38. The maximum Gasteiger partial charge on any atom is 0.0767 e. The van der Waals surface area contributed by atoms with Gasteiger partial charge in [-0.25, -0.2) is 0 Å². The summed E-state index contributed by atoms with van der Waals surface area (Å²) in [5.74, 6) is 0. The number of aliphatic hydroxyl groups is 1. The Morgan fingerprint density at radius 1 is 1.24 bits per heavy atom. The number of hydrogen-bond acceptors (Lipinski definition) is 4. The Morgan fingerprint density at radius 2 is 2.00 bits per heavy atom. The van der Waals surface area contributed by atoms with Crippen molar-refractivity contribution in [3.8, 4) is 0 Å². The second-order valence-electron chi connectivity index (χ2n) is 5.38. The first-order valence-corrected chi connectivity index (χ1v) is 6.93. The van der Waals surface area contributed by atoms with Crippen molar-refractivity contribution in [1.29, 1.82) is 0 Å². The van der Waals surface area contributed by atoms with E-state index in [1.165, 1.54) is 19.5 Å². The Balaban J connectivity index is 2.21. The SMILES string of the molecule is CCC(O)(CN)CCCN1CCCN(C)CC1. The van der Waals surface area contributed by atoms with E-state index in [0.29, 0.717) is 6.54 Å². The van der Waals surface area contributed by atoms with Crippen LogP contribution in [0.1, 0.15) is 32.6 Å². The smallest absolute Gasteiger partial charge is 0.0767 e. The first-order valence-electron chi connectivity index (χ1n) is 6.93. The summed E-state index contributed by atoms with van der Waals surface area (Å²) in [5, 5.41) is 10.1. The van der Waals surface area contributed by atoms with Gasteiger partial charge in [0, 0.05) is 19.6 Å². The van der Waals surface area contributed by atoms with Gasteiger partial charge in [-0.3, -0.25) is 0 Å². The number of likely N-dealkylation sites (N-methyl/N-ethyl adjacent to an activating group) is 1. The van der Waals surface area contributed by atoms with Crippen LogP contribution in [0.3, 0.4) is 0 Å². The van der Waals surface area contributed by atoms with Gasteiger partial charge in [-0.1, -0.05) is 6.92 Å². The van der Waals surface area contributed by atoms with Crippen molar-refractivity contribution in [1.82, 2.24) is 9.80 Å². The maximum atomic E-state index is 10.1. The topological polar surface area (TPSA) is 52.7 Å². The molecule has 1 aliphatic rings. The molecule has 102 valence electrons. The molecule has 0 aromatic rings. The lowest BCUT2D eigenvalue weighted by molar-refractivity contribution is 0.0317. The van der Waals surface area contributed by atoms with Crippen molar-refractivity contribution in [3.05, 3.63) is 0 Å². The van der Waals surface area contributed by atoms with Crippen molar-refractivity contribution in [2.24, 2.45) is 5.73 Å². The van der Waals surface area contributed by atoms with E-state index in [2.05, 4.69) is 16.8 Å². The quantitative estimate of drug-likeness (QED) is 0.713. The second kappa shape index (κ2) is 7.31. The van der Waals surface area contributed by atoms with Crippen molar-refractivity contribution in [2.45, 2.75) is 38.2 Å². The zero-order valence-electron chi connectivity index (χ0n) is 11.5. The first-order chi connectivity index (χ1) is 8.09. The normalized spacial score (nSPS) is 23.3. The Kier molecular flexibility index (Phi) is 6.41. The monoisotopic (exact) mass is 243 g/mol. The zero-order valence-corrected chi connectivity index (χ0v) is 11.5. The highest BCUT2D eigenvalue weighted by atomic mass is 16.3. The minimum absolute atomic E-state index is 0.381. The predicted molar refractivity (Wildman–Crippen MR) is 72.1 cm³/mol. The predicted octanol–water partition coefficient (Wildman–Crippen LogP) is 0.504. The summed E-state index contributed by atoms with van der Waals surface area (Å²) in [6.07, 6.45) is 3.88. The molecule has 17 heavy (non-hydrogen) atoms. The minimum atomic E-state index is -0.636. The number of rotatable bonds is 6. The molecule has 1 saturated heterocycles. The molecule has 0 spiro atoms. The molecule has 0 radical (unpaired) electrons. The van der Waals surface area contributed by atoms with Crippen LogP contribution in [-0.2, 0) is 0 Å². The lowest BCUT2D eigenvalue weighted by Crippen LogP contribution is -2.38. The summed E-state index contributed by atoms with van der Waals surface area (Å²) in [6, 6.07) is 0. The van der Waals surface area contributed by atoms with Gasteiger partial charge in [0.15, 0.2) is 0 Å². The van der Waals surface area contributed by atoms with Gasteiger partial charge in [0.2, 0.25) is 0 Å². The number of hydrogen-bond donors (Lipinski definition) is 2. The van der Waals surface area contributed by atoms with Gasteiger partial charge in [-0.05, 0) is 52.4 Å². The second-order valence-corrected chi connectivity index (χ2v) is 5.38. The Labute approximate surface area is 106 Å². The average Bonchev–Trinajstić information content (AvgIpc) is 2.54. The van der Waals surface area contributed by atoms with Gasteiger partial charge < -0.3 is 20.6 Å². The van der Waals surface area contributed by atoms with Gasteiger partial charge in [0.05, 0.1) is 5.60 Å². The van der Waals surface area contributed by atoms with E-state index in [0.717, 1.165) is 38.9 Å². The Morgan fingerprint density at radius 3 is 2.65 bits per heavy atom. The van der Waals surface area contributed by atoms with Crippen molar-refractivity contribution in [2.75, 3.05) is 46.3 Å². The van der Waals surface area contributed by atoms with Gasteiger partial charge >= 0.3 is 0 Å². The summed E-state index contributed by atoms with van der Waals surface area (Å²) in [6.45, 7) is 8.20. The van der Waals surface area contributed by atoms with Crippen molar-refractivity contribution < 1.29 is 5.11 Å². The lowest BCUT2D eigenvalue weighted by atomic mass is 9.95. The van der Waals surface area contributed by atoms with Gasteiger partial charge in [-0.2, -0.15) is 0 Å². The summed E-state index contributed by atoms with van der Waals surface area (Å²) >= 11 is 0. The zero-order chi connectivity index (χ0) is 12.7. The highest BCUT2D eigenvalue weighted by molar-refractivity contribution is 4.78. The van der Waals surface area contributed by atoms with Gasteiger partial charge in [0.25, 0.3) is 0 Å². The molecule has 0 bridgehead atoms. The van der Waals surface area contributed by atoms with Crippen LogP contribution in [0.15, 0.2) is 0 Å². The molecule has 1 fully saturated rings. The standard InChI is InChI=1S/C13H29N3O/c1-3-13(17,12-14)6-4-8-16-9-5-7-15(2)10-11-16/h17H,3-12,14H2,1-2H3. The molecule has 0 amide bonds. The summed E-state index contributed by atoms with van der Waals surface area (Å²) < 4.78 is 0. The van der Waals surface area contributed by atoms with Crippen LogP contribution in [0, 0.1) is 0 Å². The van der Waals surface area contributed by atoms with E-state index in [1.807, 2.05) is 6.92 Å². The van der Waals surface area contributed by atoms with Crippen LogP contribution >= 0.6 is 0 Å². The van der Waals surface area contributed by atoms with Gasteiger partial charge in [-0.15, -0.1) is 0 Å². The molecule has 0 aromatic carbocycles. The highest BCUT2D eigenvalue weighted by Gasteiger charge is 2.22. The van der Waals surface area contributed by atoms with Gasteiger partial charge in [0.1, 0.15) is 0 Å². The molecule has 0 aliphatic carbocycles. The van der Waals surface area contributed by atoms with Crippen molar-refractivity contribution >= 4 is 0 Å². The lowest BCUT2D eigenvalue weighted by Gasteiger charge is -2.27. The Bertz CT molecular complexity index is 207. The van der Waals surface area contributed by atoms with E-state index in [1.54, 1.807) is 0 Å². The third-order valence-corrected chi connectivity index (χ3v) is 3.97. The number of nitrogens with two attached hydrogens (primary N) is 1. The van der Waals surface area contributed by atoms with E-state index in [-0.39, 0.29) is 0 Å². The van der Waals surface area contributed by atoms with E-state index < -0.39 is 5.60 Å². The summed E-state index contributed by atoms with van der Waals surface area (Å²) in [4.78, 5) is 4.90. The molecule has 0 saturated carbocycles. The largest absolute Gasteiger partial charge is 0.389 e. The molecule has 1 atom stereocenters. The molecule has 0 aromatic heterocycles. The highest BCUT2D eigenvalue weighted by Crippen LogP contribution is 2.16. The van der Waals surface area contributed by atoms with Crippen LogP contribution in [-0.4, -0.2) is 66.8 Å². The van der Waals surface area contributed by atoms with Crippen molar-refractivity contribution in [3.63, 3.8) is 0 Å². The fourth-order valence-corrected chi connectivity index (χ4v) is 2.38. The van der Waals surface area contributed by atoms with Crippen LogP contribution in [0.2, 0.25) is 0 Å². The third kappa shape index (κ3) is 5.34. The van der Waals surface area contributed by atoms with Crippen LogP contribution < -0.4 is 5.73 Å².